The number of fused-ring (bicyclic) bond motifs is 1. The minimum Gasteiger partial charge on any atom is -0.496 e. The summed E-state index contributed by atoms with van der Waals surface area (Å²) in [6.07, 6.45) is 0. The third-order valence-electron chi connectivity index (χ3n) is 4.13. The Morgan fingerprint density at radius 2 is 1.96 bits per heavy atom. The van der Waals surface area contributed by atoms with Crippen molar-refractivity contribution in [3.63, 3.8) is 0 Å². The molecule has 0 aliphatic carbocycles. The lowest BCUT2D eigenvalue weighted by Crippen LogP contribution is -2.27. The molecule has 0 fully saturated rings. The molecule has 3 rings (SSSR count). The number of aryl methyl sites for hydroxylation is 1. The predicted octanol–water partition coefficient (Wildman–Crippen LogP) is 3.18. The van der Waals surface area contributed by atoms with Crippen LogP contribution in [0, 0.1) is 6.92 Å². The molecule has 1 aromatic heterocycles. The molecule has 7 heteroatoms. The van der Waals surface area contributed by atoms with E-state index in [-0.39, 0.29) is 12.1 Å². The average Bonchev–Trinajstić information content (AvgIpc) is 2.68. The third kappa shape index (κ3) is 4.14. The van der Waals surface area contributed by atoms with Crippen LogP contribution in [0.25, 0.3) is 10.9 Å². The maximum Gasteiger partial charge on any atom is 0.325 e. The standard InChI is InChI=1S/C20H20N2O4S/c1-13-8-9-17(25-2)14(10-13)12-27-20-21-16-7-5-4-6-15(16)19(24)22(20)11-18(23)26-3/h4-10H,11-12H2,1-3H3. The Hall–Kier alpha value is -2.80. The van der Waals surface area contributed by atoms with Gasteiger partial charge in [-0.1, -0.05) is 41.6 Å². The van der Waals surface area contributed by atoms with Crippen LogP contribution in [0.2, 0.25) is 0 Å². The van der Waals surface area contributed by atoms with Crippen LogP contribution in [-0.2, 0) is 21.8 Å². The summed E-state index contributed by atoms with van der Waals surface area (Å²) in [7, 11) is 2.92. The monoisotopic (exact) mass is 384 g/mol. The number of hydrogen-bond acceptors (Lipinski definition) is 6. The van der Waals surface area contributed by atoms with E-state index in [1.807, 2.05) is 31.2 Å². The summed E-state index contributed by atoms with van der Waals surface area (Å²) in [6, 6.07) is 13.0. The van der Waals surface area contributed by atoms with Crippen molar-refractivity contribution in [3.05, 3.63) is 63.9 Å². The first kappa shape index (κ1) is 19.0. The number of hydrogen-bond donors (Lipinski definition) is 0. The highest BCUT2D eigenvalue weighted by atomic mass is 32.2. The molecule has 0 radical (unpaired) electrons. The number of esters is 1. The minimum absolute atomic E-state index is 0.180. The summed E-state index contributed by atoms with van der Waals surface area (Å²) in [5, 5.41) is 0.937. The van der Waals surface area contributed by atoms with Gasteiger partial charge >= 0.3 is 5.97 Å². The van der Waals surface area contributed by atoms with Crippen LogP contribution in [0.1, 0.15) is 11.1 Å². The molecule has 0 aliphatic heterocycles. The molecular formula is C20H20N2O4S. The number of carbonyl (C=O) groups excluding carboxylic acids is 1. The molecule has 0 spiro atoms. The molecule has 3 aromatic rings. The first-order valence-corrected chi connectivity index (χ1v) is 9.34. The smallest absolute Gasteiger partial charge is 0.325 e. The van der Waals surface area contributed by atoms with Crippen molar-refractivity contribution >= 4 is 28.6 Å². The fraction of sp³-hybridized carbons (Fsp3) is 0.250. The molecule has 0 saturated heterocycles. The van der Waals surface area contributed by atoms with Gasteiger partial charge in [-0.3, -0.25) is 14.2 Å². The Kier molecular flexibility index (Phi) is 5.81. The topological polar surface area (TPSA) is 70.4 Å². The van der Waals surface area contributed by atoms with E-state index < -0.39 is 5.97 Å². The average molecular weight is 384 g/mol. The normalized spacial score (nSPS) is 10.8. The highest BCUT2D eigenvalue weighted by molar-refractivity contribution is 7.98. The molecule has 0 atom stereocenters. The van der Waals surface area contributed by atoms with Gasteiger partial charge in [0.1, 0.15) is 12.3 Å². The van der Waals surface area contributed by atoms with Crippen molar-refractivity contribution in [1.82, 2.24) is 9.55 Å². The molecule has 2 aromatic carbocycles. The van der Waals surface area contributed by atoms with Crippen LogP contribution in [0.15, 0.2) is 52.4 Å². The van der Waals surface area contributed by atoms with Crippen LogP contribution >= 0.6 is 11.8 Å². The number of carbonyl (C=O) groups is 1. The fourth-order valence-electron chi connectivity index (χ4n) is 2.75. The van der Waals surface area contributed by atoms with Gasteiger partial charge in [-0.05, 0) is 25.1 Å². The maximum absolute atomic E-state index is 12.9. The number of nitrogens with zero attached hydrogens (tertiary/aromatic N) is 2. The Labute approximate surface area is 161 Å². The Balaban J connectivity index is 2.02. The van der Waals surface area contributed by atoms with Crippen LogP contribution in [-0.4, -0.2) is 29.7 Å². The molecule has 140 valence electrons. The van der Waals surface area contributed by atoms with Gasteiger partial charge < -0.3 is 9.47 Å². The van der Waals surface area contributed by atoms with Gasteiger partial charge in [-0.15, -0.1) is 0 Å². The van der Waals surface area contributed by atoms with Crippen LogP contribution in [0.4, 0.5) is 0 Å². The number of benzene rings is 2. The molecule has 0 N–H and O–H groups in total. The van der Waals surface area contributed by atoms with Gasteiger partial charge in [0, 0.05) is 11.3 Å². The second-order valence-corrected chi connectivity index (χ2v) is 6.93. The quantitative estimate of drug-likeness (QED) is 0.369. The summed E-state index contributed by atoms with van der Waals surface area (Å²) >= 11 is 1.38. The molecule has 0 amide bonds. The molecule has 0 saturated carbocycles. The molecule has 0 unspecified atom stereocenters. The molecular weight excluding hydrogens is 364 g/mol. The number of methoxy groups -OCH3 is 2. The third-order valence-corrected chi connectivity index (χ3v) is 5.16. The Morgan fingerprint density at radius 3 is 2.70 bits per heavy atom. The van der Waals surface area contributed by atoms with E-state index in [0.717, 1.165) is 16.9 Å². The largest absolute Gasteiger partial charge is 0.496 e. The van der Waals surface area contributed by atoms with Crippen LogP contribution in [0.3, 0.4) is 0 Å². The van der Waals surface area contributed by atoms with Crippen molar-refractivity contribution in [2.24, 2.45) is 0 Å². The van der Waals surface area contributed by atoms with Gasteiger partial charge in [0.25, 0.3) is 5.56 Å². The van der Waals surface area contributed by atoms with Gasteiger partial charge in [-0.25, -0.2) is 4.98 Å². The van der Waals surface area contributed by atoms with Crippen molar-refractivity contribution in [2.75, 3.05) is 14.2 Å². The number of thioether (sulfide) groups is 1. The van der Waals surface area contributed by atoms with Crippen molar-refractivity contribution in [2.45, 2.75) is 24.4 Å². The maximum atomic E-state index is 12.9. The first-order chi connectivity index (χ1) is 13.0. The Morgan fingerprint density at radius 1 is 1.19 bits per heavy atom. The molecule has 6 nitrogen and oxygen atoms in total. The van der Waals surface area contributed by atoms with Crippen molar-refractivity contribution in [1.29, 1.82) is 0 Å². The zero-order valence-electron chi connectivity index (χ0n) is 15.4. The lowest BCUT2D eigenvalue weighted by Gasteiger charge is -2.13. The molecule has 1 heterocycles. The van der Waals surface area contributed by atoms with Crippen molar-refractivity contribution < 1.29 is 14.3 Å². The lowest BCUT2D eigenvalue weighted by molar-refractivity contribution is -0.141. The van der Waals surface area contributed by atoms with Gasteiger partial charge in [0.05, 0.1) is 25.1 Å². The van der Waals surface area contributed by atoms with E-state index in [9.17, 15) is 9.59 Å². The summed E-state index contributed by atoms with van der Waals surface area (Å²) in [5.41, 5.74) is 2.45. The summed E-state index contributed by atoms with van der Waals surface area (Å²) in [6.45, 7) is 1.83. The lowest BCUT2D eigenvalue weighted by atomic mass is 10.1. The summed E-state index contributed by atoms with van der Waals surface area (Å²) < 4.78 is 11.5. The number of aromatic nitrogens is 2. The van der Waals surface area contributed by atoms with Crippen molar-refractivity contribution in [3.8, 4) is 5.75 Å². The number of rotatable bonds is 6. The summed E-state index contributed by atoms with van der Waals surface area (Å²) in [4.78, 5) is 29.3. The van der Waals surface area contributed by atoms with Crippen LogP contribution in [0.5, 0.6) is 5.75 Å². The number of para-hydroxylation sites is 1. The van der Waals surface area contributed by atoms with E-state index in [2.05, 4.69) is 4.98 Å². The minimum atomic E-state index is -0.496. The zero-order valence-corrected chi connectivity index (χ0v) is 16.2. The highest BCUT2D eigenvalue weighted by Gasteiger charge is 2.15. The van der Waals surface area contributed by atoms with E-state index in [0.29, 0.717) is 21.8 Å². The molecule has 0 aliphatic rings. The van der Waals surface area contributed by atoms with Gasteiger partial charge in [0.15, 0.2) is 5.16 Å². The summed E-state index contributed by atoms with van der Waals surface area (Å²) in [5.74, 6) is 0.830. The van der Waals surface area contributed by atoms with E-state index >= 15 is 0 Å². The second-order valence-electron chi connectivity index (χ2n) is 5.98. The highest BCUT2D eigenvalue weighted by Crippen LogP contribution is 2.28. The van der Waals surface area contributed by atoms with Gasteiger partial charge in [-0.2, -0.15) is 0 Å². The first-order valence-electron chi connectivity index (χ1n) is 8.36. The molecule has 27 heavy (non-hydrogen) atoms. The number of ether oxygens (including phenoxy) is 2. The van der Waals surface area contributed by atoms with E-state index in [1.54, 1.807) is 25.3 Å². The van der Waals surface area contributed by atoms with Gasteiger partial charge in [0.2, 0.25) is 0 Å². The SMILES string of the molecule is COC(=O)Cn1c(SCc2cc(C)ccc2OC)nc2ccccc2c1=O. The fourth-order valence-corrected chi connectivity index (χ4v) is 3.73. The zero-order chi connectivity index (χ0) is 19.4. The Bertz CT molecular complexity index is 1050. The second kappa shape index (κ2) is 8.26. The van der Waals surface area contributed by atoms with E-state index in [4.69, 9.17) is 9.47 Å². The molecule has 0 bridgehead atoms. The predicted molar refractivity (Wildman–Crippen MR) is 105 cm³/mol. The van der Waals surface area contributed by atoms with E-state index in [1.165, 1.54) is 23.4 Å². The van der Waals surface area contributed by atoms with Crippen LogP contribution < -0.4 is 10.3 Å².